The maximum absolute atomic E-state index is 12.8. The van der Waals surface area contributed by atoms with E-state index in [1.807, 2.05) is 0 Å². The number of ether oxygens (including phenoxy) is 1. The molecule has 0 saturated heterocycles. The highest BCUT2D eigenvalue weighted by Crippen LogP contribution is 2.60. The van der Waals surface area contributed by atoms with Crippen LogP contribution in [0.3, 0.4) is 0 Å². The summed E-state index contributed by atoms with van der Waals surface area (Å²) in [5, 5.41) is 5.38. The van der Waals surface area contributed by atoms with Gasteiger partial charge < -0.3 is 15.4 Å². The average Bonchev–Trinajstić information content (AvgIpc) is 2.58. The van der Waals surface area contributed by atoms with E-state index in [4.69, 9.17) is 4.74 Å². The van der Waals surface area contributed by atoms with Gasteiger partial charge in [-0.05, 0) is 74.5 Å². The van der Waals surface area contributed by atoms with Gasteiger partial charge in [0, 0.05) is 18.3 Å². The van der Waals surface area contributed by atoms with Gasteiger partial charge in [0.25, 0.3) is 5.91 Å². The molecule has 4 saturated carbocycles. The van der Waals surface area contributed by atoms with E-state index in [0.717, 1.165) is 19.3 Å². The van der Waals surface area contributed by atoms with Gasteiger partial charge in [-0.1, -0.05) is 6.07 Å². The maximum Gasteiger partial charge on any atom is 0.312 e. The van der Waals surface area contributed by atoms with Crippen LogP contribution in [0.4, 0.5) is 11.4 Å². The number of amides is 2. The fourth-order valence-electron chi connectivity index (χ4n) is 5.72. The zero-order valence-electron chi connectivity index (χ0n) is 15.6. The molecule has 4 bridgehead atoms. The number of esters is 1. The van der Waals surface area contributed by atoms with Crippen LogP contribution in [0, 0.1) is 23.2 Å². The Morgan fingerprint density at radius 3 is 2.11 bits per heavy atom. The zero-order valence-corrected chi connectivity index (χ0v) is 15.6. The van der Waals surface area contributed by atoms with Gasteiger partial charge in [0.2, 0.25) is 5.91 Å². The van der Waals surface area contributed by atoms with Crippen LogP contribution < -0.4 is 10.6 Å². The quantitative estimate of drug-likeness (QED) is 0.779. The van der Waals surface area contributed by atoms with Crippen molar-refractivity contribution < 1.29 is 19.1 Å². The van der Waals surface area contributed by atoms with Gasteiger partial charge >= 0.3 is 5.97 Å². The molecule has 4 fully saturated rings. The summed E-state index contributed by atoms with van der Waals surface area (Å²) in [4.78, 5) is 36.1. The molecular formula is C21H26N2O4. The molecule has 0 atom stereocenters. The lowest BCUT2D eigenvalue weighted by Crippen LogP contribution is -2.50. The second-order valence-electron chi connectivity index (χ2n) is 8.58. The standard InChI is InChI=1S/C21H26N2O4/c1-13(24)22-17-3-2-4-18(8-17)23-19(25)12-27-20(26)21-9-14-5-15(10-21)7-16(6-14)11-21/h2-4,8,14-16H,5-7,9-12H2,1H3,(H,22,24)(H,23,25). The summed E-state index contributed by atoms with van der Waals surface area (Å²) < 4.78 is 5.43. The first-order chi connectivity index (χ1) is 12.9. The number of hydrogen-bond donors (Lipinski definition) is 2. The summed E-state index contributed by atoms with van der Waals surface area (Å²) in [6, 6.07) is 6.87. The predicted molar refractivity (Wildman–Crippen MR) is 101 cm³/mol. The number of anilines is 2. The molecule has 27 heavy (non-hydrogen) atoms. The Kier molecular flexibility index (Phi) is 4.66. The van der Waals surface area contributed by atoms with Gasteiger partial charge in [-0.2, -0.15) is 0 Å². The fraction of sp³-hybridized carbons (Fsp3) is 0.571. The smallest absolute Gasteiger partial charge is 0.312 e. The molecule has 1 aromatic carbocycles. The molecule has 0 aliphatic heterocycles. The number of hydrogen-bond acceptors (Lipinski definition) is 4. The Labute approximate surface area is 159 Å². The number of nitrogens with one attached hydrogen (secondary N) is 2. The van der Waals surface area contributed by atoms with Crippen molar-refractivity contribution in [3.63, 3.8) is 0 Å². The van der Waals surface area contributed by atoms with E-state index < -0.39 is 0 Å². The lowest BCUT2D eigenvalue weighted by molar-refractivity contribution is -0.172. The van der Waals surface area contributed by atoms with E-state index in [9.17, 15) is 14.4 Å². The van der Waals surface area contributed by atoms with Crippen LogP contribution in [-0.4, -0.2) is 24.4 Å². The summed E-state index contributed by atoms with van der Waals surface area (Å²) in [5.41, 5.74) is 0.809. The largest absolute Gasteiger partial charge is 0.455 e. The van der Waals surface area contributed by atoms with E-state index in [0.29, 0.717) is 29.1 Å². The van der Waals surface area contributed by atoms with E-state index >= 15 is 0 Å². The van der Waals surface area contributed by atoms with Crippen LogP contribution in [0.5, 0.6) is 0 Å². The molecule has 5 rings (SSSR count). The van der Waals surface area contributed by atoms with Crippen molar-refractivity contribution in [1.82, 2.24) is 0 Å². The van der Waals surface area contributed by atoms with Crippen molar-refractivity contribution in [3.05, 3.63) is 24.3 Å². The van der Waals surface area contributed by atoms with E-state index in [2.05, 4.69) is 10.6 Å². The molecule has 0 unspecified atom stereocenters. The van der Waals surface area contributed by atoms with Crippen LogP contribution in [0.2, 0.25) is 0 Å². The monoisotopic (exact) mass is 370 g/mol. The summed E-state index contributed by atoms with van der Waals surface area (Å²) >= 11 is 0. The summed E-state index contributed by atoms with van der Waals surface area (Å²) in [6.07, 6.45) is 6.57. The van der Waals surface area contributed by atoms with Gasteiger partial charge in [0.05, 0.1) is 5.41 Å². The second kappa shape index (κ2) is 6.98. The topological polar surface area (TPSA) is 84.5 Å². The molecule has 144 valence electrons. The van der Waals surface area contributed by atoms with Crippen LogP contribution in [-0.2, 0) is 19.1 Å². The first kappa shape index (κ1) is 18.0. The number of benzene rings is 1. The Morgan fingerprint density at radius 1 is 1.00 bits per heavy atom. The lowest BCUT2D eigenvalue weighted by Gasteiger charge is -2.55. The van der Waals surface area contributed by atoms with Crippen molar-refractivity contribution in [1.29, 1.82) is 0 Å². The Morgan fingerprint density at radius 2 is 1.56 bits per heavy atom. The van der Waals surface area contributed by atoms with E-state index in [-0.39, 0.29) is 29.8 Å². The van der Waals surface area contributed by atoms with Gasteiger partial charge in [0.1, 0.15) is 0 Å². The van der Waals surface area contributed by atoms with Gasteiger partial charge in [0.15, 0.2) is 6.61 Å². The fourth-order valence-corrected chi connectivity index (χ4v) is 5.72. The van der Waals surface area contributed by atoms with Crippen molar-refractivity contribution in [3.8, 4) is 0 Å². The van der Waals surface area contributed by atoms with Crippen molar-refractivity contribution in [2.75, 3.05) is 17.2 Å². The van der Waals surface area contributed by atoms with Gasteiger partial charge in [-0.3, -0.25) is 14.4 Å². The molecule has 6 heteroatoms. The summed E-state index contributed by atoms with van der Waals surface area (Å²) in [7, 11) is 0. The normalized spacial score (nSPS) is 30.6. The van der Waals surface area contributed by atoms with Crippen molar-refractivity contribution >= 4 is 29.2 Å². The van der Waals surface area contributed by atoms with Crippen LogP contribution in [0.15, 0.2) is 24.3 Å². The number of rotatable bonds is 5. The lowest BCUT2D eigenvalue weighted by atomic mass is 9.49. The molecule has 4 aliphatic rings. The Bertz CT molecular complexity index is 738. The Hall–Kier alpha value is -2.37. The highest BCUT2D eigenvalue weighted by molar-refractivity contribution is 5.95. The number of carbonyl (C=O) groups excluding carboxylic acids is 3. The molecule has 6 nitrogen and oxygen atoms in total. The molecule has 4 aliphatic carbocycles. The zero-order chi connectivity index (χ0) is 19.0. The molecule has 0 spiro atoms. The molecule has 0 heterocycles. The molecule has 0 radical (unpaired) electrons. The van der Waals surface area contributed by atoms with Crippen LogP contribution in [0.25, 0.3) is 0 Å². The van der Waals surface area contributed by atoms with E-state index in [1.54, 1.807) is 24.3 Å². The van der Waals surface area contributed by atoms with E-state index in [1.165, 1.54) is 26.2 Å². The third kappa shape index (κ3) is 3.84. The highest BCUT2D eigenvalue weighted by Gasteiger charge is 2.55. The first-order valence-electron chi connectivity index (χ1n) is 9.76. The SMILES string of the molecule is CC(=O)Nc1cccc(NC(=O)COC(=O)C23CC4CC(CC(C4)C2)C3)c1. The first-order valence-corrected chi connectivity index (χ1v) is 9.76. The predicted octanol–water partition coefficient (Wildman–Crippen LogP) is 3.34. The summed E-state index contributed by atoms with van der Waals surface area (Å²) in [6.45, 7) is 1.15. The van der Waals surface area contributed by atoms with Gasteiger partial charge in [-0.15, -0.1) is 0 Å². The molecule has 2 N–H and O–H groups in total. The molecule has 0 aromatic heterocycles. The third-order valence-corrected chi connectivity index (χ3v) is 6.27. The van der Waals surface area contributed by atoms with Crippen LogP contribution in [0.1, 0.15) is 45.4 Å². The van der Waals surface area contributed by atoms with Crippen molar-refractivity contribution in [2.45, 2.75) is 45.4 Å². The van der Waals surface area contributed by atoms with Crippen LogP contribution >= 0.6 is 0 Å². The second-order valence-corrected chi connectivity index (χ2v) is 8.58. The molecule has 2 amide bonds. The summed E-state index contributed by atoms with van der Waals surface area (Å²) in [5.74, 6) is 1.25. The average molecular weight is 370 g/mol. The molecular weight excluding hydrogens is 344 g/mol. The Balaban J connectivity index is 1.32. The molecule has 1 aromatic rings. The minimum atomic E-state index is -0.368. The number of carbonyl (C=O) groups is 3. The van der Waals surface area contributed by atoms with Gasteiger partial charge in [-0.25, -0.2) is 0 Å². The highest BCUT2D eigenvalue weighted by atomic mass is 16.5. The third-order valence-electron chi connectivity index (χ3n) is 6.27. The maximum atomic E-state index is 12.8. The minimum Gasteiger partial charge on any atom is -0.455 e. The van der Waals surface area contributed by atoms with Crippen molar-refractivity contribution in [2.24, 2.45) is 23.2 Å². The minimum absolute atomic E-state index is 0.178.